The lowest BCUT2D eigenvalue weighted by atomic mass is 9.97. The Morgan fingerprint density at radius 3 is 2.59 bits per heavy atom. The lowest BCUT2D eigenvalue weighted by Gasteiger charge is -2.34. The molecule has 0 bridgehead atoms. The molecule has 1 rings (SSSR count). The summed E-state index contributed by atoms with van der Waals surface area (Å²) >= 11 is 0. The van der Waals surface area contributed by atoms with E-state index in [1.54, 1.807) is 13.8 Å². The van der Waals surface area contributed by atoms with Crippen LogP contribution in [0, 0.1) is 0 Å². The summed E-state index contributed by atoms with van der Waals surface area (Å²) in [7, 11) is 1.94. The predicted octanol–water partition coefficient (Wildman–Crippen LogP) is 0.840. The Morgan fingerprint density at radius 2 is 2.06 bits per heavy atom. The number of hydrogen-bond donors (Lipinski definition) is 2. The van der Waals surface area contributed by atoms with Gasteiger partial charge in [0, 0.05) is 5.54 Å². The summed E-state index contributed by atoms with van der Waals surface area (Å²) in [6.07, 6.45) is 2.97. The number of piperidine rings is 1. The number of carboxylic acid groups (broad SMARTS) is 1. The van der Waals surface area contributed by atoms with Gasteiger partial charge in [-0.15, -0.1) is 0 Å². The molecule has 0 spiro atoms. The molecule has 1 aliphatic heterocycles. The first-order chi connectivity index (χ1) is 7.82. The Balaban J connectivity index is 2.55. The van der Waals surface area contributed by atoms with Crippen LogP contribution in [0.1, 0.15) is 39.5 Å². The second kappa shape index (κ2) is 5.49. The SMILES string of the molecule is CN1CCCCC1C(=O)NC(C)(C)CC(=O)O. The van der Waals surface area contributed by atoms with Gasteiger partial charge >= 0.3 is 5.97 Å². The Bertz CT molecular complexity index is 302. The third-order valence-corrected chi connectivity index (χ3v) is 3.13. The molecule has 1 unspecified atom stereocenters. The van der Waals surface area contributed by atoms with Gasteiger partial charge in [-0.3, -0.25) is 14.5 Å². The van der Waals surface area contributed by atoms with Crippen molar-refractivity contribution < 1.29 is 14.7 Å². The second-order valence-electron chi connectivity index (χ2n) is 5.44. The molecule has 2 N–H and O–H groups in total. The van der Waals surface area contributed by atoms with E-state index < -0.39 is 11.5 Å². The third kappa shape index (κ3) is 4.34. The number of carbonyl (C=O) groups excluding carboxylic acids is 1. The summed E-state index contributed by atoms with van der Waals surface area (Å²) in [5, 5.41) is 11.6. The fourth-order valence-electron chi connectivity index (χ4n) is 2.25. The van der Waals surface area contributed by atoms with Gasteiger partial charge in [-0.05, 0) is 40.3 Å². The first-order valence-corrected chi connectivity index (χ1v) is 6.06. The van der Waals surface area contributed by atoms with Gasteiger partial charge in [-0.2, -0.15) is 0 Å². The molecule has 0 aromatic carbocycles. The van der Waals surface area contributed by atoms with Crippen LogP contribution >= 0.6 is 0 Å². The average molecular weight is 242 g/mol. The van der Waals surface area contributed by atoms with Crippen LogP contribution in [0.3, 0.4) is 0 Å². The number of carboxylic acids is 1. The lowest BCUT2D eigenvalue weighted by Crippen LogP contribution is -2.54. The number of nitrogens with zero attached hydrogens (tertiary/aromatic N) is 1. The van der Waals surface area contributed by atoms with Crippen LogP contribution in [0.2, 0.25) is 0 Å². The van der Waals surface area contributed by atoms with E-state index in [1.165, 1.54) is 0 Å². The minimum atomic E-state index is -0.896. The molecule has 98 valence electrons. The summed E-state index contributed by atoms with van der Waals surface area (Å²) in [6, 6.07) is -0.114. The Hall–Kier alpha value is -1.10. The van der Waals surface area contributed by atoms with E-state index in [9.17, 15) is 9.59 Å². The molecular weight excluding hydrogens is 220 g/mol. The normalized spacial score (nSPS) is 22.2. The smallest absolute Gasteiger partial charge is 0.305 e. The standard InChI is InChI=1S/C12H22N2O3/c1-12(2,8-10(15)16)13-11(17)9-6-4-5-7-14(9)3/h9H,4-8H2,1-3H3,(H,13,17)(H,15,16). The van der Waals surface area contributed by atoms with Crippen molar-refractivity contribution in [3.8, 4) is 0 Å². The number of likely N-dealkylation sites (N-methyl/N-ethyl adjacent to an activating group) is 1. The van der Waals surface area contributed by atoms with Crippen LogP contribution in [0.15, 0.2) is 0 Å². The van der Waals surface area contributed by atoms with E-state index in [0.29, 0.717) is 0 Å². The van der Waals surface area contributed by atoms with Gasteiger partial charge in [0.1, 0.15) is 0 Å². The van der Waals surface area contributed by atoms with Crippen LogP contribution in [0.25, 0.3) is 0 Å². The van der Waals surface area contributed by atoms with Crippen LogP contribution < -0.4 is 5.32 Å². The molecule has 1 fully saturated rings. The van der Waals surface area contributed by atoms with Crippen LogP contribution in [-0.2, 0) is 9.59 Å². The highest BCUT2D eigenvalue weighted by molar-refractivity contribution is 5.83. The summed E-state index contributed by atoms with van der Waals surface area (Å²) in [6.45, 7) is 4.40. The zero-order valence-corrected chi connectivity index (χ0v) is 10.8. The number of hydrogen-bond acceptors (Lipinski definition) is 3. The van der Waals surface area contributed by atoms with E-state index >= 15 is 0 Å². The first kappa shape index (κ1) is 14.0. The minimum absolute atomic E-state index is 0.0570. The Kier molecular flexibility index (Phi) is 4.51. The quantitative estimate of drug-likeness (QED) is 0.766. The van der Waals surface area contributed by atoms with Gasteiger partial charge < -0.3 is 10.4 Å². The van der Waals surface area contributed by atoms with Crippen molar-refractivity contribution in [2.24, 2.45) is 0 Å². The molecule has 1 aliphatic rings. The highest BCUT2D eigenvalue weighted by Gasteiger charge is 2.31. The maximum Gasteiger partial charge on any atom is 0.305 e. The van der Waals surface area contributed by atoms with Gasteiger partial charge in [-0.25, -0.2) is 0 Å². The minimum Gasteiger partial charge on any atom is -0.481 e. The molecular formula is C12H22N2O3. The van der Waals surface area contributed by atoms with E-state index in [-0.39, 0.29) is 18.4 Å². The highest BCUT2D eigenvalue weighted by atomic mass is 16.4. The molecule has 0 aliphatic carbocycles. The monoisotopic (exact) mass is 242 g/mol. The maximum atomic E-state index is 12.1. The number of nitrogens with one attached hydrogen (secondary N) is 1. The fourth-order valence-corrected chi connectivity index (χ4v) is 2.25. The van der Waals surface area contributed by atoms with Crippen molar-refractivity contribution in [1.29, 1.82) is 0 Å². The van der Waals surface area contributed by atoms with E-state index in [4.69, 9.17) is 5.11 Å². The number of likely N-dealkylation sites (tertiary alicyclic amines) is 1. The molecule has 5 nitrogen and oxygen atoms in total. The molecule has 0 aromatic heterocycles. The maximum absolute atomic E-state index is 12.1. The third-order valence-electron chi connectivity index (χ3n) is 3.13. The van der Waals surface area contributed by atoms with Gasteiger partial charge in [-0.1, -0.05) is 6.42 Å². The summed E-state index contributed by atoms with van der Waals surface area (Å²) < 4.78 is 0. The van der Waals surface area contributed by atoms with Crippen molar-refractivity contribution in [2.75, 3.05) is 13.6 Å². The van der Waals surface area contributed by atoms with Crippen LogP contribution in [0.4, 0.5) is 0 Å². The Morgan fingerprint density at radius 1 is 1.41 bits per heavy atom. The van der Waals surface area contributed by atoms with Gasteiger partial charge in [0.2, 0.25) is 5.91 Å². The van der Waals surface area contributed by atoms with E-state index in [0.717, 1.165) is 25.8 Å². The zero-order valence-electron chi connectivity index (χ0n) is 10.8. The number of carbonyl (C=O) groups is 2. The zero-order chi connectivity index (χ0) is 13.1. The second-order valence-corrected chi connectivity index (χ2v) is 5.44. The van der Waals surface area contributed by atoms with Gasteiger partial charge in [0.05, 0.1) is 12.5 Å². The van der Waals surface area contributed by atoms with Crippen molar-refractivity contribution in [1.82, 2.24) is 10.2 Å². The molecule has 0 radical (unpaired) electrons. The largest absolute Gasteiger partial charge is 0.481 e. The average Bonchev–Trinajstić information content (AvgIpc) is 2.14. The number of amides is 1. The van der Waals surface area contributed by atoms with Crippen molar-refractivity contribution in [3.05, 3.63) is 0 Å². The highest BCUT2D eigenvalue weighted by Crippen LogP contribution is 2.17. The molecule has 1 amide bonds. The molecule has 1 heterocycles. The topological polar surface area (TPSA) is 69.6 Å². The predicted molar refractivity (Wildman–Crippen MR) is 64.7 cm³/mol. The number of rotatable bonds is 4. The summed E-state index contributed by atoms with van der Waals surface area (Å²) in [5.74, 6) is -0.953. The van der Waals surface area contributed by atoms with Crippen molar-refractivity contribution in [3.63, 3.8) is 0 Å². The van der Waals surface area contributed by atoms with Gasteiger partial charge in [0.15, 0.2) is 0 Å². The lowest BCUT2D eigenvalue weighted by molar-refractivity contribution is -0.139. The molecule has 0 saturated carbocycles. The number of aliphatic carboxylic acids is 1. The van der Waals surface area contributed by atoms with Crippen molar-refractivity contribution in [2.45, 2.75) is 51.1 Å². The van der Waals surface area contributed by atoms with Crippen LogP contribution in [0.5, 0.6) is 0 Å². The van der Waals surface area contributed by atoms with E-state index in [1.807, 2.05) is 11.9 Å². The fraction of sp³-hybridized carbons (Fsp3) is 0.833. The molecule has 0 aromatic rings. The Labute approximate surface area is 102 Å². The summed E-state index contributed by atoms with van der Waals surface area (Å²) in [4.78, 5) is 24.8. The molecule has 1 saturated heterocycles. The molecule has 5 heteroatoms. The molecule has 1 atom stereocenters. The molecule has 17 heavy (non-hydrogen) atoms. The van der Waals surface area contributed by atoms with Crippen LogP contribution in [-0.4, -0.2) is 47.1 Å². The summed E-state index contributed by atoms with van der Waals surface area (Å²) in [5.41, 5.74) is -0.693. The first-order valence-electron chi connectivity index (χ1n) is 6.06. The van der Waals surface area contributed by atoms with E-state index in [2.05, 4.69) is 5.32 Å². The van der Waals surface area contributed by atoms with Crippen molar-refractivity contribution >= 4 is 11.9 Å². The van der Waals surface area contributed by atoms with Gasteiger partial charge in [0.25, 0.3) is 0 Å².